The van der Waals surface area contributed by atoms with E-state index in [1.807, 2.05) is 0 Å². The molecule has 0 rings (SSSR count). The summed E-state index contributed by atoms with van der Waals surface area (Å²) >= 11 is 0. The third-order valence-corrected chi connectivity index (χ3v) is 9.60. The molecule has 0 aromatic heterocycles. The summed E-state index contributed by atoms with van der Waals surface area (Å²) in [6.07, 6.45) is 28.9. The fourth-order valence-corrected chi connectivity index (χ4v) is 5.77. The Labute approximate surface area is 304 Å². The maximum atomic E-state index is 12.7. The van der Waals surface area contributed by atoms with E-state index >= 15 is 0 Å². The summed E-state index contributed by atoms with van der Waals surface area (Å²) in [6, 6.07) is 0. The van der Waals surface area contributed by atoms with Gasteiger partial charge in [-0.05, 0) is 53.4 Å². The van der Waals surface area contributed by atoms with Gasteiger partial charge in [-0.25, -0.2) is 0 Å². The van der Waals surface area contributed by atoms with Crippen molar-refractivity contribution in [2.24, 2.45) is 0 Å². The van der Waals surface area contributed by atoms with E-state index in [9.17, 15) is 9.59 Å². The zero-order valence-electron chi connectivity index (χ0n) is 33.6. The van der Waals surface area contributed by atoms with Crippen LogP contribution in [0.3, 0.4) is 0 Å². The van der Waals surface area contributed by atoms with E-state index in [2.05, 4.69) is 41.5 Å². The van der Waals surface area contributed by atoms with Gasteiger partial charge in [0.1, 0.15) is 6.61 Å². The van der Waals surface area contributed by atoms with Gasteiger partial charge in [-0.1, -0.05) is 142 Å². The lowest BCUT2D eigenvalue weighted by molar-refractivity contribution is -0.163. The Morgan fingerprint density at radius 1 is 0.510 bits per heavy atom. The number of hydrogen-bond acceptors (Lipinski definition) is 7. The van der Waals surface area contributed by atoms with Crippen molar-refractivity contribution in [2.75, 3.05) is 33.5 Å². The summed E-state index contributed by atoms with van der Waals surface area (Å²) in [6.45, 7) is 14.0. The molecule has 0 radical (unpaired) electrons. The lowest BCUT2D eigenvalue weighted by atomic mass is 10.0. The Hall–Kier alpha value is -1.18. The normalized spacial score (nSPS) is 12.7. The molecular formula is C42H82O7. The summed E-state index contributed by atoms with van der Waals surface area (Å²) in [5.74, 6) is -0.466. The SMILES string of the molecule is CCCCCCCCCCCCCC(=O)OCC(COCCC(C)(C)OCCC(C)(C)OC)OC(=O)CCCCCCCCCCCCC. The van der Waals surface area contributed by atoms with E-state index < -0.39 is 6.10 Å². The average molecular weight is 699 g/mol. The minimum absolute atomic E-state index is 0.0346. The summed E-state index contributed by atoms with van der Waals surface area (Å²) in [5, 5.41) is 0. The lowest BCUT2D eigenvalue weighted by Gasteiger charge is -2.29. The number of carbonyl (C=O) groups is 2. The van der Waals surface area contributed by atoms with Crippen LogP contribution in [0.5, 0.6) is 0 Å². The lowest BCUT2D eigenvalue weighted by Crippen LogP contribution is -2.33. The summed E-state index contributed by atoms with van der Waals surface area (Å²) in [5.41, 5.74) is -0.575. The Morgan fingerprint density at radius 3 is 1.37 bits per heavy atom. The first-order valence-electron chi connectivity index (χ1n) is 20.7. The molecule has 49 heavy (non-hydrogen) atoms. The van der Waals surface area contributed by atoms with Crippen LogP contribution in [0.2, 0.25) is 0 Å². The third kappa shape index (κ3) is 33.7. The smallest absolute Gasteiger partial charge is 0.306 e. The van der Waals surface area contributed by atoms with Crippen LogP contribution in [0.15, 0.2) is 0 Å². The second-order valence-corrected chi connectivity index (χ2v) is 15.5. The van der Waals surface area contributed by atoms with E-state index in [-0.39, 0.29) is 36.4 Å². The summed E-state index contributed by atoms with van der Waals surface area (Å²) < 4.78 is 28.9. The molecule has 1 atom stereocenters. The molecule has 0 fully saturated rings. The third-order valence-electron chi connectivity index (χ3n) is 9.60. The van der Waals surface area contributed by atoms with E-state index in [0.29, 0.717) is 32.5 Å². The van der Waals surface area contributed by atoms with E-state index in [1.54, 1.807) is 7.11 Å². The fourth-order valence-electron chi connectivity index (χ4n) is 5.77. The average Bonchev–Trinajstić information content (AvgIpc) is 3.06. The first kappa shape index (κ1) is 47.8. The Bertz CT molecular complexity index is 751. The number of hydrogen-bond donors (Lipinski definition) is 0. The monoisotopic (exact) mass is 699 g/mol. The number of esters is 2. The molecule has 7 heteroatoms. The van der Waals surface area contributed by atoms with Gasteiger partial charge in [-0.15, -0.1) is 0 Å². The van der Waals surface area contributed by atoms with E-state index in [1.165, 1.54) is 109 Å². The topological polar surface area (TPSA) is 80.3 Å². The predicted molar refractivity (Wildman–Crippen MR) is 204 cm³/mol. The second-order valence-electron chi connectivity index (χ2n) is 15.5. The molecule has 0 aliphatic rings. The molecule has 0 bridgehead atoms. The highest BCUT2D eigenvalue weighted by atomic mass is 16.6. The quantitative estimate of drug-likeness (QED) is 0.0472. The predicted octanol–water partition coefficient (Wildman–Crippen LogP) is 11.9. The van der Waals surface area contributed by atoms with Crippen LogP contribution in [0, 0.1) is 0 Å². The van der Waals surface area contributed by atoms with Crippen LogP contribution in [-0.2, 0) is 33.3 Å². The van der Waals surface area contributed by atoms with Crippen LogP contribution >= 0.6 is 0 Å². The number of rotatable bonds is 37. The minimum Gasteiger partial charge on any atom is -0.462 e. The van der Waals surface area contributed by atoms with Gasteiger partial charge in [-0.2, -0.15) is 0 Å². The zero-order valence-corrected chi connectivity index (χ0v) is 33.6. The Kier molecular flexibility index (Phi) is 31.9. The molecule has 0 aliphatic carbocycles. The van der Waals surface area contributed by atoms with Gasteiger partial charge in [0.05, 0.1) is 24.4 Å². The van der Waals surface area contributed by atoms with Gasteiger partial charge >= 0.3 is 11.9 Å². The number of ether oxygens (including phenoxy) is 5. The standard InChI is InChI=1S/C42H82O7/c1-8-10-12-14-16-18-20-22-24-26-28-30-39(43)47-37-38(36-46-34-32-42(5,6)48-35-33-41(3,4)45-7)49-40(44)31-29-27-25-23-21-19-17-15-13-11-9-2/h38H,8-37H2,1-7H3. The van der Waals surface area contributed by atoms with Crippen molar-refractivity contribution in [1.82, 2.24) is 0 Å². The van der Waals surface area contributed by atoms with Crippen molar-refractivity contribution < 1.29 is 33.3 Å². The van der Waals surface area contributed by atoms with Crippen LogP contribution in [0.4, 0.5) is 0 Å². The number of carbonyl (C=O) groups excluding carboxylic acids is 2. The molecule has 0 N–H and O–H groups in total. The van der Waals surface area contributed by atoms with Crippen LogP contribution < -0.4 is 0 Å². The molecule has 0 aromatic rings. The van der Waals surface area contributed by atoms with Gasteiger partial charge in [0.25, 0.3) is 0 Å². The van der Waals surface area contributed by atoms with Gasteiger partial charge in [0.2, 0.25) is 0 Å². The second kappa shape index (κ2) is 32.7. The molecule has 0 aromatic carbocycles. The number of unbranched alkanes of at least 4 members (excludes halogenated alkanes) is 20. The van der Waals surface area contributed by atoms with Crippen molar-refractivity contribution in [3.05, 3.63) is 0 Å². The molecule has 0 heterocycles. The molecule has 7 nitrogen and oxygen atoms in total. The van der Waals surface area contributed by atoms with Crippen molar-refractivity contribution in [3.8, 4) is 0 Å². The number of methoxy groups -OCH3 is 1. The molecule has 1 unspecified atom stereocenters. The van der Waals surface area contributed by atoms with Gasteiger partial charge < -0.3 is 23.7 Å². The first-order chi connectivity index (χ1) is 23.5. The highest BCUT2D eigenvalue weighted by Gasteiger charge is 2.23. The summed E-state index contributed by atoms with van der Waals surface area (Å²) in [4.78, 5) is 25.2. The maximum Gasteiger partial charge on any atom is 0.306 e. The van der Waals surface area contributed by atoms with Crippen molar-refractivity contribution in [2.45, 2.75) is 226 Å². The molecule has 0 saturated heterocycles. The molecule has 0 aliphatic heterocycles. The highest BCUT2D eigenvalue weighted by molar-refractivity contribution is 5.70. The van der Waals surface area contributed by atoms with Gasteiger partial charge in [0.15, 0.2) is 6.10 Å². The Morgan fingerprint density at radius 2 is 0.918 bits per heavy atom. The van der Waals surface area contributed by atoms with Crippen LogP contribution in [-0.4, -0.2) is 62.8 Å². The van der Waals surface area contributed by atoms with E-state index in [4.69, 9.17) is 23.7 Å². The molecule has 0 saturated carbocycles. The largest absolute Gasteiger partial charge is 0.462 e. The van der Waals surface area contributed by atoms with Crippen LogP contribution in [0.25, 0.3) is 0 Å². The van der Waals surface area contributed by atoms with Crippen molar-refractivity contribution in [3.63, 3.8) is 0 Å². The first-order valence-corrected chi connectivity index (χ1v) is 20.7. The summed E-state index contributed by atoms with van der Waals surface area (Å²) in [7, 11) is 1.72. The Balaban J connectivity index is 4.46. The zero-order chi connectivity index (χ0) is 36.5. The van der Waals surface area contributed by atoms with Crippen LogP contribution in [0.1, 0.15) is 208 Å². The van der Waals surface area contributed by atoms with Gasteiger partial charge in [0, 0.05) is 26.6 Å². The molecular weight excluding hydrogens is 616 g/mol. The highest BCUT2D eigenvalue weighted by Crippen LogP contribution is 2.19. The molecule has 0 spiro atoms. The maximum absolute atomic E-state index is 12.7. The minimum atomic E-state index is -0.604. The fraction of sp³-hybridized carbons (Fsp3) is 0.952. The van der Waals surface area contributed by atoms with Crippen molar-refractivity contribution >= 4 is 11.9 Å². The van der Waals surface area contributed by atoms with Gasteiger partial charge in [-0.3, -0.25) is 9.59 Å². The molecule has 0 amide bonds. The van der Waals surface area contributed by atoms with E-state index in [0.717, 1.165) is 38.5 Å². The van der Waals surface area contributed by atoms with Crippen molar-refractivity contribution in [1.29, 1.82) is 0 Å². The molecule has 292 valence electrons.